The first-order valence-electron chi connectivity index (χ1n) is 15.0. The minimum atomic E-state index is -0.185. The van der Waals surface area contributed by atoms with E-state index in [1.54, 1.807) is 19.2 Å². The fraction of sp³-hybridized carbons (Fsp3) is 0.533. The quantitative estimate of drug-likeness (QED) is 0.119. The van der Waals surface area contributed by atoms with Gasteiger partial charge in [0.05, 0.1) is 19.3 Å². The molecule has 6 rings (SSSR count). The highest BCUT2D eigenvalue weighted by atomic mass is 35.5. The molecule has 0 spiro atoms. The number of pyridine rings is 1. The highest BCUT2D eigenvalue weighted by Crippen LogP contribution is 2.44. The normalized spacial score (nSPS) is 26.1. The van der Waals surface area contributed by atoms with Crippen LogP contribution in [0.4, 0.5) is 11.5 Å². The number of hydrogen-bond acceptors (Lipinski definition) is 10. The van der Waals surface area contributed by atoms with Crippen molar-refractivity contribution >= 4 is 40.5 Å². The number of hydrogen-bond donors (Lipinski definition) is 3. The van der Waals surface area contributed by atoms with Crippen LogP contribution < -0.4 is 15.5 Å². The van der Waals surface area contributed by atoms with Crippen molar-refractivity contribution in [1.29, 1.82) is 0 Å². The molecule has 230 valence electrons. The maximum absolute atomic E-state index is 9.11. The summed E-state index contributed by atoms with van der Waals surface area (Å²) in [5, 5.41) is 20.0. The van der Waals surface area contributed by atoms with Gasteiger partial charge < -0.3 is 20.3 Å². The smallest absolute Gasteiger partial charge is 0.214 e. The van der Waals surface area contributed by atoms with Gasteiger partial charge in [0.15, 0.2) is 12.1 Å². The zero-order valence-electron chi connectivity index (χ0n) is 24.5. The summed E-state index contributed by atoms with van der Waals surface area (Å²) in [5.41, 5.74) is 3.58. The number of aromatic nitrogens is 3. The summed E-state index contributed by atoms with van der Waals surface area (Å²) in [4.78, 5) is 23.0. The predicted molar refractivity (Wildman–Crippen MR) is 168 cm³/mol. The molecule has 2 atom stereocenters. The Morgan fingerprint density at radius 3 is 2.67 bits per heavy atom. The van der Waals surface area contributed by atoms with Gasteiger partial charge in [0.25, 0.3) is 0 Å². The van der Waals surface area contributed by atoms with Crippen LogP contribution in [0.15, 0.2) is 41.1 Å². The van der Waals surface area contributed by atoms with Gasteiger partial charge in [-0.15, -0.1) is 0 Å². The number of halogens is 2. The number of fused-ring (bicyclic) bond motifs is 1. The zero-order chi connectivity index (χ0) is 29.9. The van der Waals surface area contributed by atoms with E-state index in [4.69, 9.17) is 43.2 Å². The molecule has 13 heteroatoms. The molecule has 3 N–H and O–H groups in total. The molecule has 4 aliphatic rings. The van der Waals surface area contributed by atoms with Crippen LogP contribution in [0, 0.1) is 11.8 Å². The van der Waals surface area contributed by atoms with Crippen molar-refractivity contribution < 1.29 is 15.0 Å². The number of nitrogens with zero attached hydrogens (tertiary/aromatic N) is 6. The Bertz CT molecular complexity index is 1390. The van der Waals surface area contributed by atoms with Gasteiger partial charge in [0.1, 0.15) is 21.7 Å². The van der Waals surface area contributed by atoms with Crippen molar-refractivity contribution in [2.75, 3.05) is 43.6 Å². The highest BCUT2D eigenvalue weighted by Gasteiger charge is 2.43. The molecule has 2 aliphatic heterocycles. The third-order valence-electron chi connectivity index (χ3n) is 8.90. The van der Waals surface area contributed by atoms with Crippen LogP contribution in [-0.4, -0.2) is 76.6 Å². The van der Waals surface area contributed by atoms with Crippen LogP contribution in [0.1, 0.15) is 51.3 Å². The summed E-state index contributed by atoms with van der Waals surface area (Å²) in [6, 6.07) is 3.63. The number of anilines is 2. The Hall–Kier alpha value is -2.96. The number of amidine groups is 1. The van der Waals surface area contributed by atoms with Crippen LogP contribution in [0.5, 0.6) is 0 Å². The van der Waals surface area contributed by atoms with Crippen molar-refractivity contribution in [2.24, 2.45) is 17.0 Å². The lowest BCUT2D eigenvalue weighted by molar-refractivity contribution is -0.243. The number of rotatable bonds is 7. The second kappa shape index (κ2) is 13.4. The summed E-state index contributed by atoms with van der Waals surface area (Å²) in [7, 11) is 1.66. The molecule has 11 nitrogen and oxygen atoms in total. The average molecular weight is 630 g/mol. The number of oxime groups is 1. The fourth-order valence-corrected chi connectivity index (χ4v) is 7.13. The van der Waals surface area contributed by atoms with Crippen molar-refractivity contribution in [3.63, 3.8) is 0 Å². The first-order valence-corrected chi connectivity index (χ1v) is 15.7. The standard InChI is InChI=1S/C30H38Cl2N8O3/c1-18-8-10-19(11-9-18)16-40-26-25(21-14-23(31)34-24(32)15-21)35-29(28(33-2)38-43-41)36-27(26)37-30(40)39-12-13-42-17-22(39)20-6-4-3-5-7-20/h3-4,6,14-15,18-19,22,30,41H,5,7-13,16-17H2,1-2H3,(H,33,38)(H,35,36,37)/t18-,19-,22-,30-/m0/s1. The SMILES string of the molecule is CN/C(=N\OO)c1nc2c(c(-c3cc(Cl)nc(Cl)c3)n1)N(C[C@H]1CC[C@H](C)CC1)[C@H](N1CCOC[C@H]1C1=CC=CCC1)N2. The lowest BCUT2D eigenvalue weighted by Gasteiger charge is -2.45. The Morgan fingerprint density at radius 2 is 1.98 bits per heavy atom. The fourth-order valence-electron chi connectivity index (χ4n) is 6.67. The Kier molecular flexibility index (Phi) is 9.34. The summed E-state index contributed by atoms with van der Waals surface area (Å²) < 4.78 is 6.03. The van der Waals surface area contributed by atoms with E-state index in [0.29, 0.717) is 36.2 Å². The molecule has 43 heavy (non-hydrogen) atoms. The molecule has 2 fully saturated rings. The van der Waals surface area contributed by atoms with Gasteiger partial charge in [0.2, 0.25) is 11.7 Å². The van der Waals surface area contributed by atoms with E-state index in [1.165, 1.54) is 31.3 Å². The molecule has 2 aliphatic carbocycles. The summed E-state index contributed by atoms with van der Waals surface area (Å²) in [6.07, 6.45) is 13.2. The molecule has 2 aromatic heterocycles. The molecule has 0 bridgehead atoms. The van der Waals surface area contributed by atoms with Crippen LogP contribution in [0.2, 0.25) is 10.3 Å². The van der Waals surface area contributed by atoms with Crippen molar-refractivity contribution in [3.05, 3.63) is 52.1 Å². The molecular weight excluding hydrogens is 591 g/mol. The molecule has 0 aromatic carbocycles. The largest absolute Gasteiger partial charge is 0.378 e. The summed E-state index contributed by atoms with van der Waals surface area (Å²) in [5.74, 6) is 2.34. The van der Waals surface area contributed by atoms with Crippen molar-refractivity contribution in [2.45, 2.75) is 57.8 Å². The third kappa shape index (κ3) is 6.46. The monoisotopic (exact) mass is 628 g/mol. The number of nitrogens with one attached hydrogen (secondary N) is 2. The maximum atomic E-state index is 9.11. The molecule has 0 unspecified atom stereocenters. The minimum Gasteiger partial charge on any atom is -0.378 e. The molecule has 4 heterocycles. The minimum absolute atomic E-state index is 0.123. The number of morpholine rings is 1. The first-order chi connectivity index (χ1) is 20.9. The van der Waals surface area contributed by atoms with Gasteiger partial charge in [-0.25, -0.2) is 19.9 Å². The molecular formula is C30H38Cl2N8O3. The Morgan fingerprint density at radius 1 is 1.19 bits per heavy atom. The van der Waals surface area contributed by atoms with Gasteiger partial charge in [-0.05, 0) is 54.8 Å². The molecule has 2 aromatic rings. The van der Waals surface area contributed by atoms with Crippen molar-refractivity contribution in [3.8, 4) is 11.3 Å². The van der Waals surface area contributed by atoms with E-state index in [1.807, 2.05) is 0 Å². The first kappa shape index (κ1) is 30.1. The highest BCUT2D eigenvalue weighted by molar-refractivity contribution is 6.32. The number of ether oxygens (including phenoxy) is 1. The topological polar surface area (TPSA) is 120 Å². The van der Waals surface area contributed by atoms with Crippen LogP contribution in [-0.2, 0) is 9.73 Å². The average Bonchev–Trinajstić information content (AvgIpc) is 3.38. The van der Waals surface area contributed by atoms with Crippen molar-refractivity contribution in [1.82, 2.24) is 25.2 Å². The van der Waals surface area contributed by atoms with Crippen LogP contribution in [0.3, 0.4) is 0 Å². The van der Waals surface area contributed by atoms with Gasteiger partial charge in [-0.3, -0.25) is 4.90 Å². The summed E-state index contributed by atoms with van der Waals surface area (Å²) in [6.45, 7) is 5.23. The van der Waals surface area contributed by atoms with Gasteiger partial charge in [-0.1, -0.05) is 66.8 Å². The van der Waals surface area contributed by atoms with E-state index in [-0.39, 0.29) is 34.3 Å². The Labute approximate surface area is 261 Å². The maximum Gasteiger partial charge on any atom is 0.214 e. The van der Waals surface area contributed by atoms with E-state index in [0.717, 1.165) is 37.5 Å². The Balaban J connectivity index is 1.48. The van der Waals surface area contributed by atoms with Gasteiger partial charge >= 0.3 is 0 Å². The molecule has 0 radical (unpaired) electrons. The van der Waals surface area contributed by atoms with Gasteiger partial charge in [-0.2, -0.15) is 5.26 Å². The van der Waals surface area contributed by atoms with E-state index in [2.05, 4.69) is 60.7 Å². The molecule has 0 amide bonds. The second-order valence-corrected chi connectivity index (χ2v) is 12.5. The van der Waals surface area contributed by atoms with Gasteiger partial charge in [0, 0.05) is 25.7 Å². The lowest BCUT2D eigenvalue weighted by atomic mass is 9.82. The predicted octanol–water partition coefficient (Wildman–Crippen LogP) is 5.54. The van der Waals surface area contributed by atoms with E-state index < -0.39 is 0 Å². The van der Waals surface area contributed by atoms with Crippen LogP contribution >= 0.6 is 23.2 Å². The summed E-state index contributed by atoms with van der Waals surface area (Å²) >= 11 is 12.8. The van der Waals surface area contributed by atoms with E-state index in [9.17, 15) is 0 Å². The zero-order valence-corrected chi connectivity index (χ0v) is 26.0. The molecule has 1 saturated heterocycles. The van der Waals surface area contributed by atoms with E-state index >= 15 is 0 Å². The lowest BCUT2D eigenvalue weighted by Crippen LogP contribution is -2.59. The molecule has 1 saturated carbocycles. The second-order valence-electron chi connectivity index (χ2n) is 11.7. The number of allylic oxidation sites excluding steroid dienone is 3. The van der Waals surface area contributed by atoms with Crippen LogP contribution in [0.25, 0.3) is 11.3 Å². The third-order valence-corrected chi connectivity index (χ3v) is 9.28.